The molecule has 0 saturated carbocycles. The fraction of sp³-hybridized carbons (Fsp3) is 0.533. The van der Waals surface area contributed by atoms with Crippen molar-refractivity contribution in [1.82, 2.24) is 4.90 Å². The van der Waals surface area contributed by atoms with Crippen molar-refractivity contribution in [2.75, 3.05) is 31.1 Å². The van der Waals surface area contributed by atoms with E-state index >= 15 is 0 Å². The molecule has 1 saturated heterocycles. The maximum atomic E-state index is 6.03. The van der Waals surface area contributed by atoms with Crippen molar-refractivity contribution in [3.63, 3.8) is 0 Å². The van der Waals surface area contributed by atoms with E-state index in [1.807, 2.05) is 36.9 Å². The summed E-state index contributed by atoms with van der Waals surface area (Å²) in [5.74, 6) is 3.79. The van der Waals surface area contributed by atoms with E-state index in [0.29, 0.717) is 12.5 Å². The number of guanidine groups is 1. The van der Waals surface area contributed by atoms with Gasteiger partial charge in [0.05, 0.1) is 6.54 Å². The quantitative estimate of drug-likeness (QED) is 0.682. The highest BCUT2D eigenvalue weighted by molar-refractivity contribution is 7.99. The number of nitrogens with zero attached hydrogens (tertiary/aromatic N) is 2. The van der Waals surface area contributed by atoms with Crippen LogP contribution in [0, 0.1) is 6.92 Å². The molecule has 110 valence electrons. The third-order valence-corrected chi connectivity index (χ3v) is 4.11. The van der Waals surface area contributed by atoms with Gasteiger partial charge in [-0.3, -0.25) is 0 Å². The molecule has 1 aliphatic heterocycles. The highest BCUT2D eigenvalue weighted by atomic mass is 32.2. The number of benzene rings is 1. The standard InChI is InChI=1S/C15H23N3OS/c1-12-4-3-5-14(10-12)19-13(2)11-17-15(16)18-6-8-20-9-7-18/h3-5,10,13H,6-9,11H2,1-2H3,(H2,16,17). The Morgan fingerprint density at radius 2 is 2.20 bits per heavy atom. The molecule has 5 heteroatoms. The minimum absolute atomic E-state index is 0.0227. The first-order valence-corrected chi connectivity index (χ1v) is 8.16. The van der Waals surface area contributed by atoms with Gasteiger partial charge in [-0.15, -0.1) is 0 Å². The van der Waals surface area contributed by atoms with E-state index < -0.39 is 0 Å². The number of hydrogen-bond donors (Lipinski definition) is 1. The molecule has 1 atom stereocenters. The Balaban J connectivity index is 1.83. The molecule has 0 aliphatic carbocycles. The summed E-state index contributed by atoms with van der Waals surface area (Å²) in [6.07, 6.45) is 0.0227. The van der Waals surface area contributed by atoms with E-state index in [4.69, 9.17) is 10.5 Å². The lowest BCUT2D eigenvalue weighted by Gasteiger charge is -2.27. The van der Waals surface area contributed by atoms with Crippen LogP contribution in [0.25, 0.3) is 0 Å². The number of aliphatic imine (C=N–C) groups is 1. The summed E-state index contributed by atoms with van der Waals surface area (Å²) in [7, 11) is 0. The van der Waals surface area contributed by atoms with Gasteiger partial charge in [0.25, 0.3) is 0 Å². The molecule has 0 bridgehead atoms. The Morgan fingerprint density at radius 1 is 1.45 bits per heavy atom. The van der Waals surface area contributed by atoms with Gasteiger partial charge >= 0.3 is 0 Å². The van der Waals surface area contributed by atoms with Crippen molar-refractivity contribution in [3.8, 4) is 5.75 Å². The summed E-state index contributed by atoms with van der Waals surface area (Å²) in [6.45, 7) is 6.65. The average molecular weight is 293 g/mol. The Labute approximate surface area is 125 Å². The van der Waals surface area contributed by atoms with Gasteiger partial charge in [0.2, 0.25) is 0 Å². The molecule has 2 rings (SSSR count). The monoisotopic (exact) mass is 293 g/mol. The van der Waals surface area contributed by atoms with Crippen molar-refractivity contribution >= 4 is 17.7 Å². The Kier molecular flexibility index (Phi) is 5.59. The molecule has 0 radical (unpaired) electrons. The molecule has 20 heavy (non-hydrogen) atoms. The van der Waals surface area contributed by atoms with E-state index in [9.17, 15) is 0 Å². The second-order valence-corrected chi connectivity index (χ2v) is 6.27. The predicted octanol–water partition coefficient (Wildman–Crippen LogP) is 2.13. The lowest BCUT2D eigenvalue weighted by Crippen LogP contribution is -2.43. The molecule has 0 aromatic heterocycles. The van der Waals surface area contributed by atoms with Crippen LogP contribution < -0.4 is 10.5 Å². The Bertz CT molecular complexity index is 458. The molecule has 4 nitrogen and oxygen atoms in total. The van der Waals surface area contributed by atoms with Gasteiger partial charge in [-0.2, -0.15) is 11.8 Å². The minimum atomic E-state index is 0.0227. The van der Waals surface area contributed by atoms with E-state index in [0.717, 1.165) is 30.3 Å². The highest BCUT2D eigenvalue weighted by Gasteiger charge is 2.12. The summed E-state index contributed by atoms with van der Waals surface area (Å²) < 4.78 is 5.85. The SMILES string of the molecule is Cc1cccc(OC(C)CN=C(N)N2CCSCC2)c1. The molecular weight excluding hydrogens is 270 g/mol. The van der Waals surface area contributed by atoms with Gasteiger partial charge < -0.3 is 15.4 Å². The summed E-state index contributed by atoms with van der Waals surface area (Å²) >= 11 is 1.97. The van der Waals surface area contributed by atoms with Crippen LogP contribution in [0.4, 0.5) is 0 Å². The van der Waals surface area contributed by atoms with E-state index in [1.54, 1.807) is 0 Å². The van der Waals surface area contributed by atoms with Crippen molar-refractivity contribution < 1.29 is 4.74 Å². The van der Waals surface area contributed by atoms with E-state index in [2.05, 4.69) is 22.9 Å². The number of aryl methyl sites for hydroxylation is 1. The van der Waals surface area contributed by atoms with Crippen LogP contribution in [0.2, 0.25) is 0 Å². The molecule has 2 N–H and O–H groups in total. The molecule has 1 unspecified atom stereocenters. The van der Waals surface area contributed by atoms with Crippen molar-refractivity contribution in [2.24, 2.45) is 10.7 Å². The first-order valence-electron chi connectivity index (χ1n) is 7.01. The first-order chi connectivity index (χ1) is 9.65. The molecule has 1 aromatic rings. The Morgan fingerprint density at radius 3 is 2.90 bits per heavy atom. The van der Waals surface area contributed by atoms with Gasteiger partial charge in [-0.05, 0) is 31.5 Å². The zero-order valence-corrected chi connectivity index (χ0v) is 13.0. The third-order valence-electron chi connectivity index (χ3n) is 3.17. The van der Waals surface area contributed by atoms with Crippen LogP contribution in [0.3, 0.4) is 0 Å². The molecule has 1 aromatic carbocycles. The number of hydrogen-bond acceptors (Lipinski definition) is 3. The summed E-state index contributed by atoms with van der Waals surface area (Å²) in [6, 6.07) is 8.06. The van der Waals surface area contributed by atoms with Crippen LogP contribution in [0.5, 0.6) is 5.75 Å². The fourth-order valence-electron chi connectivity index (χ4n) is 2.07. The van der Waals surface area contributed by atoms with Crippen LogP contribution in [0.15, 0.2) is 29.3 Å². The van der Waals surface area contributed by atoms with Crippen LogP contribution in [-0.2, 0) is 0 Å². The van der Waals surface area contributed by atoms with E-state index in [1.165, 1.54) is 5.56 Å². The van der Waals surface area contributed by atoms with Gasteiger partial charge in [0.15, 0.2) is 5.96 Å². The maximum absolute atomic E-state index is 6.03. The molecule has 0 spiro atoms. The topological polar surface area (TPSA) is 50.9 Å². The van der Waals surface area contributed by atoms with Crippen molar-refractivity contribution in [2.45, 2.75) is 20.0 Å². The van der Waals surface area contributed by atoms with E-state index in [-0.39, 0.29) is 6.10 Å². The maximum Gasteiger partial charge on any atom is 0.191 e. The molecule has 1 heterocycles. The summed E-state index contributed by atoms with van der Waals surface area (Å²) in [5, 5.41) is 0. The number of nitrogens with two attached hydrogens (primary N) is 1. The van der Waals surface area contributed by atoms with Crippen LogP contribution in [-0.4, -0.2) is 48.1 Å². The zero-order chi connectivity index (χ0) is 14.4. The van der Waals surface area contributed by atoms with Gasteiger partial charge in [-0.1, -0.05) is 12.1 Å². The molecule has 1 fully saturated rings. The van der Waals surface area contributed by atoms with Gasteiger partial charge in [0, 0.05) is 24.6 Å². The summed E-state index contributed by atoms with van der Waals surface area (Å²) in [4.78, 5) is 6.60. The number of ether oxygens (including phenoxy) is 1. The van der Waals surface area contributed by atoms with Gasteiger partial charge in [-0.25, -0.2) is 4.99 Å². The molecular formula is C15H23N3OS. The van der Waals surface area contributed by atoms with Crippen molar-refractivity contribution in [1.29, 1.82) is 0 Å². The molecule has 0 amide bonds. The first kappa shape index (κ1) is 15.0. The lowest BCUT2D eigenvalue weighted by atomic mass is 10.2. The third kappa shape index (κ3) is 4.63. The van der Waals surface area contributed by atoms with Crippen LogP contribution >= 0.6 is 11.8 Å². The summed E-state index contributed by atoms with van der Waals surface area (Å²) in [5.41, 5.74) is 7.22. The second-order valence-electron chi connectivity index (χ2n) is 5.04. The molecule has 1 aliphatic rings. The van der Waals surface area contributed by atoms with Crippen molar-refractivity contribution in [3.05, 3.63) is 29.8 Å². The average Bonchev–Trinajstić information content (AvgIpc) is 2.46. The smallest absolute Gasteiger partial charge is 0.191 e. The number of rotatable bonds is 4. The van der Waals surface area contributed by atoms with Gasteiger partial charge in [0.1, 0.15) is 11.9 Å². The zero-order valence-electron chi connectivity index (χ0n) is 12.2. The predicted molar refractivity (Wildman–Crippen MR) is 86.7 cm³/mol. The Hall–Kier alpha value is -1.36. The largest absolute Gasteiger partial charge is 0.489 e. The lowest BCUT2D eigenvalue weighted by molar-refractivity contribution is 0.229. The second kappa shape index (κ2) is 7.43. The van der Waals surface area contributed by atoms with Crippen LogP contribution in [0.1, 0.15) is 12.5 Å². The number of thioether (sulfide) groups is 1. The highest BCUT2D eigenvalue weighted by Crippen LogP contribution is 2.14. The normalized spacial score (nSPS) is 17.9. The fourth-order valence-corrected chi connectivity index (χ4v) is 2.98. The minimum Gasteiger partial charge on any atom is -0.489 e.